The Balaban J connectivity index is 1.54. The SMILES string of the molecule is COc1ccc(CCN(C)c2c(C)noc2-c2ccc(-c3ccccc3CC(=O)O)cc2)cc1. The molecule has 0 spiro atoms. The van der Waals surface area contributed by atoms with Crippen LogP contribution in [0.5, 0.6) is 5.75 Å². The minimum absolute atomic E-state index is 0.0115. The molecule has 174 valence electrons. The van der Waals surface area contributed by atoms with Crippen molar-refractivity contribution in [1.82, 2.24) is 5.16 Å². The molecule has 0 aliphatic heterocycles. The molecule has 6 nitrogen and oxygen atoms in total. The van der Waals surface area contributed by atoms with Crippen LogP contribution in [0, 0.1) is 6.92 Å². The lowest BCUT2D eigenvalue weighted by atomic mass is 9.96. The normalized spacial score (nSPS) is 10.8. The van der Waals surface area contributed by atoms with E-state index in [1.54, 1.807) is 7.11 Å². The van der Waals surface area contributed by atoms with Crippen molar-refractivity contribution in [2.75, 3.05) is 25.6 Å². The zero-order valence-corrected chi connectivity index (χ0v) is 19.6. The maximum Gasteiger partial charge on any atom is 0.307 e. The Morgan fingerprint density at radius 3 is 2.35 bits per heavy atom. The molecule has 0 unspecified atom stereocenters. The molecule has 0 aliphatic carbocycles. The molecule has 6 heteroatoms. The van der Waals surface area contributed by atoms with E-state index in [9.17, 15) is 9.90 Å². The zero-order valence-electron chi connectivity index (χ0n) is 19.6. The number of carboxylic acid groups (broad SMARTS) is 1. The summed E-state index contributed by atoms with van der Waals surface area (Å²) < 4.78 is 11.0. The van der Waals surface area contributed by atoms with Crippen LogP contribution in [0.3, 0.4) is 0 Å². The van der Waals surface area contributed by atoms with E-state index < -0.39 is 5.97 Å². The Morgan fingerprint density at radius 1 is 1.00 bits per heavy atom. The predicted octanol–water partition coefficient (Wildman–Crippen LogP) is 5.63. The van der Waals surface area contributed by atoms with E-state index in [4.69, 9.17) is 9.26 Å². The van der Waals surface area contributed by atoms with Crippen LogP contribution < -0.4 is 9.64 Å². The Morgan fingerprint density at radius 2 is 1.68 bits per heavy atom. The number of carbonyl (C=O) groups is 1. The summed E-state index contributed by atoms with van der Waals surface area (Å²) in [6.45, 7) is 2.75. The van der Waals surface area contributed by atoms with Gasteiger partial charge in [0.2, 0.25) is 0 Å². The fourth-order valence-corrected chi connectivity index (χ4v) is 4.12. The monoisotopic (exact) mass is 456 g/mol. The first-order chi connectivity index (χ1) is 16.5. The number of nitrogens with zero attached hydrogens (tertiary/aromatic N) is 2. The average Bonchev–Trinajstić information content (AvgIpc) is 3.24. The number of aromatic nitrogens is 1. The molecule has 0 radical (unpaired) electrons. The van der Waals surface area contributed by atoms with Gasteiger partial charge in [-0.2, -0.15) is 0 Å². The molecule has 1 aromatic heterocycles. The number of hydrogen-bond donors (Lipinski definition) is 1. The van der Waals surface area contributed by atoms with Gasteiger partial charge in [0.15, 0.2) is 5.76 Å². The first-order valence-corrected chi connectivity index (χ1v) is 11.2. The van der Waals surface area contributed by atoms with Crippen LogP contribution in [-0.2, 0) is 17.6 Å². The second-order valence-electron chi connectivity index (χ2n) is 8.27. The molecule has 1 heterocycles. The summed E-state index contributed by atoms with van der Waals surface area (Å²) in [6, 6.07) is 23.7. The molecule has 0 bridgehead atoms. The molecule has 34 heavy (non-hydrogen) atoms. The van der Waals surface area contributed by atoms with Gasteiger partial charge in [-0.3, -0.25) is 4.79 Å². The molecule has 0 atom stereocenters. The Bertz CT molecular complexity index is 1260. The van der Waals surface area contributed by atoms with E-state index in [1.807, 2.05) is 74.6 Å². The number of anilines is 1. The Hall–Kier alpha value is -4.06. The number of hydrogen-bond acceptors (Lipinski definition) is 5. The van der Waals surface area contributed by atoms with E-state index >= 15 is 0 Å². The highest BCUT2D eigenvalue weighted by molar-refractivity contribution is 5.79. The van der Waals surface area contributed by atoms with Gasteiger partial charge in [0, 0.05) is 19.2 Å². The summed E-state index contributed by atoms with van der Waals surface area (Å²) >= 11 is 0. The number of benzene rings is 3. The van der Waals surface area contributed by atoms with Gasteiger partial charge in [-0.15, -0.1) is 0 Å². The number of likely N-dealkylation sites (N-methyl/N-ethyl adjacent to an activating group) is 1. The lowest BCUT2D eigenvalue weighted by Gasteiger charge is -2.19. The van der Waals surface area contributed by atoms with Crippen LogP contribution in [0.15, 0.2) is 77.3 Å². The maximum atomic E-state index is 11.2. The zero-order chi connectivity index (χ0) is 24.1. The first-order valence-electron chi connectivity index (χ1n) is 11.2. The van der Waals surface area contributed by atoms with Crippen molar-refractivity contribution in [3.63, 3.8) is 0 Å². The molecular weight excluding hydrogens is 428 g/mol. The van der Waals surface area contributed by atoms with Gasteiger partial charge in [-0.25, -0.2) is 0 Å². The summed E-state index contributed by atoms with van der Waals surface area (Å²) in [7, 11) is 3.71. The highest BCUT2D eigenvalue weighted by Gasteiger charge is 2.19. The lowest BCUT2D eigenvalue weighted by molar-refractivity contribution is -0.136. The molecule has 4 rings (SSSR count). The maximum absolute atomic E-state index is 11.2. The summed E-state index contributed by atoms with van der Waals surface area (Å²) in [6.07, 6.45) is 0.867. The van der Waals surface area contributed by atoms with Crippen LogP contribution in [0.4, 0.5) is 5.69 Å². The summed E-state index contributed by atoms with van der Waals surface area (Å²) in [4.78, 5) is 13.4. The van der Waals surface area contributed by atoms with Crippen LogP contribution in [-0.4, -0.2) is 36.9 Å². The van der Waals surface area contributed by atoms with Crippen molar-refractivity contribution in [2.24, 2.45) is 0 Å². The topological polar surface area (TPSA) is 75.8 Å². The van der Waals surface area contributed by atoms with Gasteiger partial charge in [-0.05, 0) is 47.7 Å². The average molecular weight is 457 g/mol. The quantitative estimate of drug-likeness (QED) is 0.352. The molecule has 0 saturated heterocycles. The molecule has 0 fully saturated rings. The summed E-state index contributed by atoms with van der Waals surface area (Å²) in [5, 5.41) is 13.4. The molecular formula is C28H28N2O4. The number of aryl methyl sites for hydroxylation is 1. The van der Waals surface area contributed by atoms with E-state index in [1.165, 1.54) is 5.56 Å². The number of carboxylic acids is 1. The van der Waals surface area contributed by atoms with Crippen LogP contribution in [0.2, 0.25) is 0 Å². The molecule has 4 aromatic rings. The molecule has 1 N–H and O–H groups in total. The van der Waals surface area contributed by atoms with Gasteiger partial charge in [0.25, 0.3) is 0 Å². The standard InChI is InChI=1S/C28H28N2O4/c1-19-27(30(2)17-16-20-8-14-24(33-3)15-9-20)28(34-29-19)22-12-10-21(11-13-22)25-7-5-4-6-23(25)18-26(31)32/h4-15H,16-18H2,1-3H3,(H,31,32). The van der Waals surface area contributed by atoms with Gasteiger partial charge in [0.05, 0.1) is 13.5 Å². The lowest BCUT2D eigenvalue weighted by Crippen LogP contribution is -2.21. The third-order valence-electron chi connectivity index (χ3n) is 5.93. The van der Waals surface area contributed by atoms with E-state index in [-0.39, 0.29) is 6.42 Å². The van der Waals surface area contributed by atoms with Crippen molar-refractivity contribution < 1.29 is 19.2 Å². The van der Waals surface area contributed by atoms with Crippen LogP contribution >= 0.6 is 0 Å². The number of aliphatic carboxylic acids is 1. The minimum atomic E-state index is -0.844. The second kappa shape index (κ2) is 10.3. The molecule has 0 aliphatic rings. The van der Waals surface area contributed by atoms with Crippen molar-refractivity contribution >= 4 is 11.7 Å². The van der Waals surface area contributed by atoms with Gasteiger partial charge in [0.1, 0.15) is 17.1 Å². The highest BCUT2D eigenvalue weighted by Crippen LogP contribution is 2.35. The van der Waals surface area contributed by atoms with Gasteiger partial charge < -0.3 is 19.3 Å². The van der Waals surface area contributed by atoms with Crippen molar-refractivity contribution in [2.45, 2.75) is 19.8 Å². The fraction of sp³-hybridized carbons (Fsp3) is 0.214. The fourth-order valence-electron chi connectivity index (χ4n) is 4.12. The van der Waals surface area contributed by atoms with Crippen molar-refractivity contribution in [3.8, 4) is 28.2 Å². The molecule has 3 aromatic carbocycles. The predicted molar refractivity (Wildman–Crippen MR) is 133 cm³/mol. The summed E-state index contributed by atoms with van der Waals surface area (Å²) in [5.41, 5.74) is 6.63. The van der Waals surface area contributed by atoms with Crippen LogP contribution in [0.25, 0.3) is 22.5 Å². The molecule has 0 amide bonds. The third kappa shape index (κ3) is 5.12. The number of rotatable bonds is 9. The molecule has 0 saturated carbocycles. The summed E-state index contributed by atoms with van der Waals surface area (Å²) in [5.74, 6) is 0.729. The van der Waals surface area contributed by atoms with Gasteiger partial charge in [-0.1, -0.05) is 65.8 Å². The van der Waals surface area contributed by atoms with Gasteiger partial charge >= 0.3 is 5.97 Å². The number of ether oxygens (including phenoxy) is 1. The van der Waals surface area contributed by atoms with Crippen molar-refractivity contribution in [3.05, 3.63) is 89.6 Å². The first kappa shape index (κ1) is 23.1. The van der Waals surface area contributed by atoms with E-state index in [0.717, 1.165) is 58.1 Å². The van der Waals surface area contributed by atoms with E-state index in [0.29, 0.717) is 0 Å². The Kier molecular flexibility index (Phi) is 6.97. The Labute approximate surface area is 199 Å². The smallest absolute Gasteiger partial charge is 0.307 e. The van der Waals surface area contributed by atoms with Crippen LogP contribution in [0.1, 0.15) is 16.8 Å². The van der Waals surface area contributed by atoms with Crippen molar-refractivity contribution in [1.29, 1.82) is 0 Å². The van der Waals surface area contributed by atoms with E-state index in [2.05, 4.69) is 22.2 Å². The third-order valence-corrected chi connectivity index (χ3v) is 5.93. The second-order valence-corrected chi connectivity index (χ2v) is 8.27. The number of methoxy groups -OCH3 is 1. The highest BCUT2D eigenvalue weighted by atomic mass is 16.5. The largest absolute Gasteiger partial charge is 0.497 e. The minimum Gasteiger partial charge on any atom is -0.497 e.